The minimum Gasteiger partial charge on any atom is -0.437 e. The molecule has 0 aliphatic carbocycles. The van der Waals surface area contributed by atoms with Gasteiger partial charge in [0.05, 0.1) is 5.02 Å². The predicted molar refractivity (Wildman–Crippen MR) is 84.1 cm³/mol. The summed E-state index contributed by atoms with van der Waals surface area (Å²) in [5.41, 5.74) is 0. The van der Waals surface area contributed by atoms with E-state index in [0.29, 0.717) is 21.8 Å². The Kier molecular flexibility index (Phi) is 5.49. The SMILES string of the molecule is CCCNc1cc(Oc2ccccc2Cl)nc(SC)n1. The Morgan fingerprint density at radius 2 is 2.10 bits per heavy atom. The standard InChI is InChI=1S/C14H16ClN3OS/c1-3-8-16-12-9-13(18-14(17-12)20-2)19-11-7-5-4-6-10(11)15/h4-7,9H,3,8H2,1-2H3,(H,16,17,18). The number of halogens is 1. The molecule has 0 aliphatic heterocycles. The number of thioether (sulfide) groups is 1. The Morgan fingerprint density at radius 3 is 2.80 bits per heavy atom. The summed E-state index contributed by atoms with van der Waals surface area (Å²) >= 11 is 7.55. The Balaban J connectivity index is 2.24. The largest absolute Gasteiger partial charge is 0.437 e. The number of benzene rings is 1. The molecule has 1 heterocycles. The van der Waals surface area contributed by atoms with Crippen molar-refractivity contribution in [1.29, 1.82) is 0 Å². The molecule has 0 aliphatic rings. The fourth-order valence-corrected chi connectivity index (χ4v) is 2.08. The van der Waals surface area contributed by atoms with E-state index in [2.05, 4.69) is 22.2 Å². The number of nitrogens with zero attached hydrogens (tertiary/aromatic N) is 2. The lowest BCUT2D eigenvalue weighted by Gasteiger charge is -2.10. The Labute approximate surface area is 127 Å². The molecular weight excluding hydrogens is 294 g/mol. The molecule has 4 nitrogen and oxygen atoms in total. The van der Waals surface area contributed by atoms with Crippen molar-refractivity contribution >= 4 is 29.2 Å². The summed E-state index contributed by atoms with van der Waals surface area (Å²) in [6.07, 6.45) is 2.96. The van der Waals surface area contributed by atoms with Crippen LogP contribution in [0.25, 0.3) is 0 Å². The first-order valence-corrected chi connectivity index (χ1v) is 7.92. The van der Waals surface area contributed by atoms with E-state index < -0.39 is 0 Å². The van der Waals surface area contributed by atoms with Crippen molar-refractivity contribution < 1.29 is 4.74 Å². The molecule has 0 spiro atoms. The van der Waals surface area contributed by atoms with Gasteiger partial charge in [-0.05, 0) is 24.8 Å². The number of ether oxygens (including phenoxy) is 1. The highest BCUT2D eigenvalue weighted by Gasteiger charge is 2.07. The molecule has 1 aromatic heterocycles. The summed E-state index contributed by atoms with van der Waals surface area (Å²) < 4.78 is 5.74. The van der Waals surface area contributed by atoms with Gasteiger partial charge < -0.3 is 10.1 Å². The normalized spacial score (nSPS) is 10.3. The number of hydrogen-bond acceptors (Lipinski definition) is 5. The number of anilines is 1. The van der Waals surface area contributed by atoms with Crippen LogP contribution < -0.4 is 10.1 Å². The first-order chi connectivity index (χ1) is 9.72. The second kappa shape index (κ2) is 7.36. The molecule has 20 heavy (non-hydrogen) atoms. The van der Waals surface area contributed by atoms with E-state index in [-0.39, 0.29) is 0 Å². The first kappa shape index (κ1) is 14.9. The van der Waals surface area contributed by atoms with E-state index in [9.17, 15) is 0 Å². The Bertz CT molecular complexity index is 580. The average Bonchev–Trinajstić information content (AvgIpc) is 2.47. The molecule has 0 fully saturated rings. The van der Waals surface area contributed by atoms with Gasteiger partial charge in [0.15, 0.2) is 5.16 Å². The van der Waals surface area contributed by atoms with Crippen LogP contribution in [0, 0.1) is 0 Å². The molecule has 0 atom stereocenters. The lowest BCUT2D eigenvalue weighted by molar-refractivity contribution is 0.456. The topological polar surface area (TPSA) is 47.0 Å². The highest BCUT2D eigenvalue weighted by atomic mass is 35.5. The van der Waals surface area contributed by atoms with Crippen LogP contribution in [0.3, 0.4) is 0 Å². The summed E-state index contributed by atoms with van der Waals surface area (Å²) in [6, 6.07) is 9.09. The van der Waals surface area contributed by atoms with E-state index >= 15 is 0 Å². The van der Waals surface area contributed by atoms with Gasteiger partial charge in [-0.25, -0.2) is 4.98 Å². The van der Waals surface area contributed by atoms with Crippen molar-refractivity contribution in [3.05, 3.63) is 35.4 Å². The maximum Gasteiger partial charge on any atom is 0.225 e. The van der Waals surface area contributed by atoms with E-state index in [1.165, 1.54) is 11.8 Å². The van der Waals surface area contributed by atoms with Crippen LogP contribution >= 0.6 is 23.4 Å². The molecule has 0 bridgehead atoms. The van der Waals surface area contributed by atoms with Crippen molar-refractivity contribution in [2.75, 3.05) is 18.1 Å². The third-order valence-corrected chi connectivity index (χ3v) is 3.33. The molecular formula is C14H16ClN3OS. The molecule has 6 heteroatoms. The van der Waals surface area contributed by atoms with Gasteiger partial charge in [0.1, 0.15) is 11.6 Å². The van der Waals surface area contributed by atoms with E-state index in [1.807, 2.05) is 24.5 Å². The third-order valence-electron chi connectivity index (χ3n) is 2.47. The maximum absolute atomic E-state index is 6.08. The van der Waals surface area contributed by atoms with Gasteiger partial charge in [-0.1, -0.05) is 42.4 Å². The number of hydrogen-bond donors (Lipinski definition) is 1. The molecule has 0 amide bonds. The van der Waals surface area contributed by atoms with Crippen molar-refractivity contribution in [2.45, 2.75) is 18.5 Å². The number of rotatable bonds is 6. The molecule has 1 N–H and O–H groups in total. The van der Waals surface area contributed by atoms with Crippen LogP contribution in [-0.2, 0) is 0 Å². The molecule has 1 aromatic carbocycles. The second-order valence-electron chi connectivity index (χ2n) is 4.04. The van der Waals surface area contributed by atoms with E-state index in [1.54, 1.807) is 12.1 Å². The summed E-state index contributed by atoms with van der Waals surface area (Å²) in [5.74, 6) is 1.82. The lowest BCUT2D eigenvalue weighted by atomic mass is 10.3. The van der Waals surface area contributed by atoms with Gasteiger partial charge in [0.2, 0.25) is 5.88 Å². The average molecular weight is 310 g/mol. The molecule has 106 valence electrons. The van der Waals surface area contributed by atoms with Crippen LogP contribution in [0.2, 0.25) is 5.02 Å². The Morgan fingerprint density at radius 1 is 1.30 bits per heavy atom. The molecule has 0 saturated carbocycles. The Hall–Kier alpha value is -1.46. The monoisotopic (exact) mass is 309 g/mol. The smallest absolute Gasteiger partial charge is 0.225 e. The van der Waals surface area contributed by atoms with Crippen molar-refractivity contribution in [3.63, 3.8) is 0 Å². The fourth-order valence-electron chi connectivity index (χ4n) is 1.53. The molecule has 0 unspecified atom stereocenters. The minimum absolute atomic E-state index is 0.482. The van der Waals surface area contributed by atoms with E-state index in [0.717, 1.165) is 18.8 Å². The van der Waals surface area contributed by atoms with Crippen molar-refractivity contribution in [2.24, 2.45) is 0 Å². The van der Waals surface area contributed by atoms with Crippen LogP contribution in [-0.4, -0.2) is 22.8 Å². The van der Waals surface area contributed by atoms with Crippen LogP contribution in [0.1, 0.15) is 13.3 Å². The van der Waals surface area contributed by atoms with Gasteiger partial charge in [0.25, 0.3) is 0 Å². The van der Waals surface area contributed by atoms with Crippen LogP contribution in [0.15, 0.2) is 35.5 Å². The van der Waals surface area contributed by atoms with Gasteiger partial charge in [0, 0.05) is 12.6 Å². The summed E-state index contributed by atoms with van der Waals surface area (Å²) in [7, 11) is 0. The van der Waals surface area contributed by atoms with Crippen LogP contribution in [0.5, 0.6) is 11.6 Å². The zero-order chi connectivity index (χ0) is 14.4. The highest BCUT2D eigenvalue weighted by Crippen LogP contribution is 2.29. The minimum atomic E-state index is 0.482. The van der Waals surface area contributed by atoms with Gasteiger partial charge in [-0.2, -0.15) is 4.98 Å². The zero-order valence-corrected chi connectivity index (χ0v) is 13.0. The lowest BCUT2D eigenvalue weighted by Crippen LogP contribution is -2.04. The van der Waals surface area contributed by atoms with Crippen molar-refractivity contribution in [3.8, 4) is 11.6 Å². The van der Waals surface area contributed by atoms with E-state index in [4.69, 9.17) is 16.3 Å². The number of para-hydroxylation sites is 1. The predicted octanol–water partition coefficient (Wildman–Crippen LogP) is 4.47. The zero-order valence-electron chi connectivity index (χ0n) is 11.4. The van der Waals surface area contributed by atoms with Gasteiger partial charge >= 0.3 is 0 Å². The summed E-state index contributed by atoms with van der Waals surface area (Å²) in [4.78, 5) is 8.71. The molecule has 2 rings (SSSR count). The van der Waals surface area contributed by atoms with Gasteiger partial charge in [-0.15, -0.1) is 0 Å². The molecule has 0 radical (unpaired) electrons. The molecule has 0 saturated heterocycles. The number of aromatic nitrogens is 2. The maximum atomic E-state index is 6.08. The summed E-state index contributed by atoms with van der Waals surface area (Å²) in [5, 5.41) is 4.45. The summed E-state index contributed by atoms with van der Waals surface area (Å²) in [6.45, 7) is 2.96. The molecule has 2 aromatic rings. The third kappa shape index (κ3) is 4.02. The number of nitrogens with one attached hydrogen (secondary N) is 1. The van der Waals surface area contributed by atoms with Gasteiger partial charge in [-0.3, -0.25) is 0 Å². The quantitative estimate of drug-likeness (QED) is 0.630. The second-order valence-corrected chi connectivity index (χ2v) is 5.22. The first-order valence-electron chi connectivity index (χ1n) is 6.32. The van der Waals surface area contributed by atoms with Crippen molar-refractivity contribution in [1.82, 2.24) is 9.97 Å². The van der Waals surface area contributed by atoms with Crippen LogP contribution in [0.4, 0.5) is 5.82 Å². The highest BCUT2D eigenvalue weighted by molar-refractivity contribution is 7.98. The fraction of sp³-hybridized carbons (Fsp3) is 0.286.